The lowest BCUT2D eigenvalue weighted by molar-refractivity contribution is -0.124. The second-order valence-electron chi connectivity index (χ2n) is 6.96. The van der Waals surface area contributed by atoms with Gasteiger partial charge in [0.15, 0.2) is 0 Å². The van der Waals surface area contributed by atoms with E-state index < -0.39 is 5.41 Å². The zero-order valence-corrected chi connectivity index (χ0v) is 13.7. The topological polar surface area (TPSA) is 42.0 Å². The molecule has 0 spiro atoms. The Hall–Kier alpha value is -2.23. The van der Waals surface area contributed by atoms with Crippen LogP contribution in [0, 0.1) is 18.2 Å². The molecule has 1 aliphatic carbocycles. The van der Waals surface area contributed by atoms with Crippen LogP contribution in [0.5, 0.6) is 0 Å². The number of hydrogen-bond acceptors (Lipinski definition) is 2. The van der Waals surface area contributed by atoms with Gasteiger partial charge in [0.1, 0.15) is 5.82 Å². The minimum atomic E-state index is -0.567. The molecule has 1 N–H and O–H groups in total. The number of rotatable bonds is 4. The number of carbonyl (C=O) groups is 1. The summed E-state index contributed by atoms with van der Waals surface area (Å²) in [6, 6.07) is 10.1. The molecule has 1 fully saturated rings. The largest absolute Gasteiger partial charge is 0.351 e. The smallest absolute Gasteiger partial charge is 0.231 e. The summed E-state index contributed by atoms with van der Waals surface area (Å²) in [5, 5.41) is 3.04. The molecule has 0 radical (unpaired) electrons. The molecule has 2 aromatic rings. The molecule has 1 unspecified atom stereocenters. The Morgan fingerprint density at radius 1 is 1.26 bits per heavy atom. The Labute approximate surface area is 135 Å². The van der Waals surface area contributed by atoms with E-state index >= 15 is 0 Å². The number of aryl methyl sites for hydroxylation is 1. The van der Waals surface area contributed by atoms with Gasteiger partial charge in [-0.2, -0.15) is 0 Å². The Kier molecular flexibility index (Phi) is 3.71. The van der Waals surface area contributed by atoms with Crippen LogP contribution in [0.3, 0.4) is 0 Å². The maximum absolute atomic E-state index is 13.2. The highest BCUT2D eigenvalue weighted by Gasteiger charge is 2.66. The van der Waals surface area contributed by atoms with Crippen molar-refractivity contribution in [2.45, 2.75) is 39.2 Å². The lowest BCUT2D eigenvalue weighted by Crippen LogP contribution is -2.37. The maximum atomic E-state index is 13.2. The first kappa shape index (κ1) is 15.7. The second-order valence-corrected chi connectivity index (χ2v) is 6.96. The zero-order valence-electron chi connectivity index (χ0n) is 13.7. The number of benzene rings is 1. The first-order valence-corrected chi connectivity index (χ1v) is 7.81. The van der Waals surface area contributed by atoms with Gasteiger partial charge in [0.2, 0.25) is 5.91 Å². The Balaban J connectivity index is 1.79. The van der Waals surface area contributed by atoms with Crippen LogP contribution in [-0.4, -0.2) is 10.9 Å². The average Bonchev–Trinajstić information content (AvgIpc) is 3.10. The van der Waals surface area contributed by atoms with Crippen LogP contribution in [0.2, 0.25) is 0 Å². The fourth-order valence-corrected chi connectivity index (χ4v) is 3.41. The summed E-state index contributed by atoms with van der Waals surface area (Å²) < 4.78 is 13.2. The SMILES string of the molecule is Cc1cc(CNC(=O)C2(c3ccc(F)cc3)CC2(C)C)ccn1. The highest BCUT2D eigenvalue weighted by molar-refractivity contribution is 5.93. The molecule has 120 valence electrons. The van der Waals surface area contributed by atoms with Crippen molar-refractivity contribution in [2.24, 2.45) is 5.41 Å². The fraction of sp³-hybridized carbons (Fsp3) is 0.368. The lowest BCUT2D eigenvalue weighted by Gasteiger charge is -2.21. The molecule has 1 atom stereocenters. The van der Waals surface area contributed by atoms with Crippen molar-refractivity contribution in [3.8, 4) is 0 Å². The average molecular weight is 312 g/mol. The van der Waals surface area contributed by atoms with Crippen molar-refractivity contribution in [1.82, 2.24) is 10.3 Å². The molecule has 1 heterocycles. The number of hydrogen-bond donors (Lipinski definition) is 1. The number of nitrogens with zero attached hydrogens (tertiary/aromatic N) is 1. The van der Waals surface area contributed by atoms with E-state index in [4.69, 9.17) is 0 Å². The van der Waals surface area contributed by atoms with Gasteiger partial charge in [0.25, 0.3) is 0 Å². The van der Waals surface area contributed by atoms with E-state index in [0.29, 0.717) is 6.54 Å². The minimum absolute atomic E-state index is 0.00331. The third kappa shape index (κ3) is 2.74. The highest BCUT2D eigenvalue weighted by Crippen LogP contribution is 2.64. The Bertz CT molecular complexity index is 739. The third-order valence-corrected chi connectivity index (χ3v) is 4.88. The van der Waals surface area contributed by atoms with E-state index in [1.165, 1.54) is 12.1 Å². The van der Waals surface area contributed by atoms with Crippen LogP contribution in [0.4, 0.5) is 4.39 Å². The monoisotopic (exact) mass is 312 g/mol. The number of nitrogens with one attached hydrogen (secondary N) is 1. The van der Waals surface area contributed by atoms with E-state index in [1.807, 2.05) is 19.1 Å². The zero-order chi connectivity index (χ0) is 16.7. The number of carbonyl (C=O) groups excluding carboxylic acids is 1. The first-order chi connectivity index (χ1) is 10.8. The molecule has 3 nitrogen and oxygen atoms in total. The minimum Gasteiger partial charge on any atom is -0.351 e. The van der Waals surface area contributed by atoms with Crippen molar-refractivity contribution in [3.63, 3.8) is 0 Å². The van der Waals surface area contributed by atoms with Gasteiger partial charge >= 0.3 is 0 Å². The van der Waals surface area contributed by atoms with Crippen LogP contribution >= 0.6 is 0 Å². The van der Waals surface area contributed by atoms with Gasteiger partial charge in [0, 0.05) is 18.4 Å². The molecule has 1 aromatic heterocycles. The van der Waals surface area contributed by atoms with E-state index in [1.54, 1.807) is 18.3 Å². The van der Waals surface area contributed by atoms with Crippen LogP contribution in [0.25, 0.3) is 0 Å². The van der Waals surface area contributed by atoms with Crippen LogP contribution in [0.15, 0.2) is 42.6 Å². The van der Waals surface area contributed by atoms with Crippen molar-refractivity contribution in [1.29, 1.82) is 0 Å². The van der Waals surface area contributed by atoms with Crippen LogP contribution in [-0.2, 0) is 16.8 Å². The summed E-state index contributed by atoms with van der Waals surface area (Å²) in [5.74, 6) is -0.279. The van der Waals surface area contributed by atoms with Crippen molar-refractivity contribution in [3.05, 3.63) is 65.2 Å². The predicted molar refractivity (Wildman–Crippen MR) is 87.3 cm³/mol. The number of amides is 1. The second kappa shape index (κ2) is 5.44. The molecule has 1 aliphatic rings. The molecule has 0 bridgehead atoms. The van der Waals surface area contributed by atoms with Crippen LogP contribution < -0.4 is 5.32 Å². The van der Waals surface area contributed by atoms with Gasteiger partial charge in [-0.1, -0.05) is 26.0 Å². The van der Waals surface area contributed by atoms with Gasteiger partial charge < -0.3 is 5.32 Å². The summed E-state index contributed by atoms with van der Waals surface area (Å²) in [6.07, 6.45) is 2.51. The molecular weight excluding hydrogens is 291 g/mol. The van der Waals surface area contributed by atoms with Gasteiger partial charge in [0.05, 0.1) is 5.41 Å². The van der Waals surface area contributed by atoms with Gasteiger partial charge in [-0.15, -0.1) is 0 Å². The van der Waals surface area contributed by atoms with Crippen molar-refractivity contribution >= 4 is 5.91 Å². The van der Waals surface area contributed by atoms with E-state index in [0.717, 1.165) is 23.2 Å². The van der Waals surface area contributed by atoms with E-state index in [9.17, 15) is 9.18 Å². The molecule has 3 rings (SSSR count). The van der Waals surface area contributed by atoms with Gasteiger partial charge in [-0.05, 0) is 54.2 Å². The summed E-state index contributed by atoms with van der Waals surface area (Å²) >= 11 is 0. The molecule has 1 aromatic carbocycles. The molecular formula is C19H21FN2O. The lowest BCUT2D eigenvalue weighted by atomic mass is 9.87. The molecule has 1 saturated carbocycles. The summed E-state index contributed by atoms with van der Waals surface area (Å²) in [5.41, 5.74) is 2.15. The summed E-state index contributed by atoms with van der Waals surface area (Å²) in [7, 11) is 0. The fourth-order valence-electron chi connectivity index (χ4n) is 3.41. The van der Waals surface area contributed by atoms with E-state index in [2.05, 4.69) is 24.1 Å². The quantitative estimate of drug-likeness (QED) is 0.938. The molecule has 0 saturated heterocycles. The highest BCUT2D eigenvalue weighted by atomic mass is 19.1. The number of aromatic nitrogens is 1. The van der Waals surface area contributed by atoms with Crippen molar-refractivity contribution in [2.75, 3.05) is 0 Å². The molecule has 23 heavy (non-hydrogen) atoms. The van der Waals surface area contributed by atoms with Gasteiger partial charge in [-0.3, -0.25) is 9.78 Å². The van der Waals surface area contributed by atoms with Gasteiger partial charge in [-0.25, -0.2) is 4.39 Å². The maximum Gasteiger partial charge on any atom is 0.231 e. The first-order valence-electron chi connectivity index (χ1n) is 7.81. The molecule has 4 heteroatoms. The molecule has 1 amide bonds. The predicted octanol–water partition coefficient (Wildman–Crippen LogP) is 3.51. The Morgan fingerprint density at radius 3 is 2.48 bits per heavy atom. The van der Waals surface area contributed by atoms with E-state index in [-0.39, 0.29) is 17.1 Å². The van der Waals surface area contributed by atoms with Crippen molar-refractivity contribution < 1.29 is 9.18 Å². The Morgan fingerprint density at radius 2 is 1.91 bits per heavy atom. The standard InChI is InChI=1S/C19H21FN2O/c1-13-10-14(8-9-21-13)11-22-17(23)19(12-18(19,2)3)15-4-6-16(20)7-5-15/h4-10H,11-12H2,1-3H3,(H,22,23). The summed E-state index contributed by atoms with van der Waals surface area (Å²) in [6.45, 7) is 6.55. The summed E-state index contributed by atoms with van der Waals surface area (Å²) in [4.78, 5) is 17.0. The third-order valence-electron chi connectivity index (χ3n) is 4.88. The normalized spacial score (nSPS) is 21.7. The number of halogens is 1. The van der Waals surface area contributed by atoms with Crippen LogP contribution in [0.1, 0.15) is 37.1 Å². The molecule has 0 aliphatic heterocycles. The number of pyridine rings is 1.